The third-order valence-corrected chi connectivity index (χ3v) is 2.66. The molecule has 0 spiro atoms. The third kappa shape index (κ3) is 2.37. The van der Waals surface area contributed by atoms with Gasteiger partial charge < -0.3 is 9.15 Å². The molecule has 0 aliphatic rings. The lowest BCUT2D eigenvalue weighted by Crippen LogP contribution is -2.10. The fourth-order valence-electron chi connectivity index (χ4n) is 1.09. The molecule has 0 bridgehead atoms. The van der Waals surface area contributed by atoms with Gasteiger partial charge in [-0.05, 0) is 13.8 Å². The summed E-state index contributed by atoms with van der Waals surface area (Å²) in [5.41, 5.74) is 0.153. The Morgan fingerprint density at radius 1 is 1.60 bits per heavy atom. The van der Waals surface area contributed by atoms with Crippen molar-refractivity contribution in [1.82, 2.24) is 0 Å². The Hall–Kier alpha value is -1.34. The molecule has 1 aromatic rings. The third-order valence-electron chi connectivity index (χ3n) is 1.64. The molecule has 0 aliphatic heterocycles. The van der Waals surface area contributed by atoms with Gasteiger partial charge in [0.05, 0.1) is 12.9 Å². The molecule has 0 amide bonds. The molecule has 15 heavy (non-hydrogen) atoms. The highest BCUT2D eigenvalue weighted by atomic mass is 32.2. The van der Waals surface area contributed by atoms with Crippen LogP contribution in [0.15, 0.2) is 15.6 Å². The smallest absolute Gasteiger partial charge is 0.375 e. The molecular formula is C8H10O6S. The second kappa shape index (κ2) is 4.03. The molecule has 0 saturated carbocycles. The van der Waals surface area contributed by atoms with Gasteiger partial charge in [-0.3, -0.25) is 4.55 Å². The number of carbonyl (C=O) groups excluding carboxylic acids is 1. The average Bonchev–Trinajstić information content (AvgIpc) is 2.46. The molecule has 1 rings (SSSR count). The summed E-state index contributed by atoms with van der Waals surface area (Å²) in [6.07, 6.45) is 1.06. The molecule has 84 valence electrons. The predicted octanol–water partition coefficient (Wildman–Crippen LogP) is 1.01. The van der Waals surface area contributed by atoms with E-state index in [4.69, 9.17) is 8.97 Å². The first kappa shape index (κ1) is 11.7. The van der Waals surface area contributed by atoms with Gasteiger partial charge in [-0.1, -0.05) is 0 Å². The van der Waals surface area contributed by atoms with E-state index >= 15 is 0 Å². The summed E-state index contributed by atoms with van der Waals surface area (Å²) < 4.78 is 40.0. The summed E-state index contributed by atoms with van der Waals surface area (Å²) in [6, 6.07) is 0. The van der Waals surface area contributed by atoms with Crippen molar-refractivity contribution in [2.45, 2.75) is 18.7 Å². The number of rotatable bonds is 3. The molecule has 1 heterocycles. The zero-order valence-corrected chi connectivity index (χ0v) is 9.00. The standard InChI is InChI=1S/C8H10O6S/c1-3-13-8(9)6-7(15(10,11)12)5(2)4-14-6/h4H,3H2,1-2H3,(H,10,11,12). The highest BCUT2D eigenvalue weighted by Crippen LogP contribution is 2.22. The van der Waals surface area contributed by atoms with Crippen LogP contribution in [0.25, 0.3) is 0 Å². The molecule has 0 atom stereocenters. The topological polar surface area (TPSA) is 93.8 Å². The van der Waals surface area contributed by atoms with Crippen molar-refractivity contribution in [3.63, 3.8) is 0 Å². The van der Waals surface area contributed by atoms with Crippen molar-refractivity contribution in [1.29, 1.82) is 0 Å². The quantitative estimate of drug-likeness (QED) is 0.619. The maximum atomic E-state index is 11.2. The van der Waals surface area contributed by atoms with Gasteiger partial charge in [-0.15, -0.1) is 0 Å². The van der Waals surface area contributed by atoms with E-state index in [1.54, 1.807) is 6.92 Å². The van der Waals surface area contributed by atoms with Crippen LogP contribution in [0.5, 0.6) is 0 Å². The van der Waals surface area contributed by atoms with Gasteiger partial charge in [0.2, 0.25) is 5.76 Å². The maximum absolute atomic E-state index is 11.2. The van der Waals surface area contributed by atoms with Gasteiger partial charge in [0.25, 0.3) is 10.1 Å². The van der Waals surface area contributed by atoms with E-state index in [-0.39, 0.29) is 12.2 Å². The molecule has 6 nitrogen and oxygen atoms in total. The highest BCUT2D eigenvalue weighted by Gasteiger charge is 2.28. The molecule has 1 aromatic heterocycles. The SMILES string of the molecule is CCOC(=O)c1occ(C)c1S(=O)(=O)O. The van der Waals surface area contributed by atoms with Crippen LogP contribution in [-0.4, -0.2) is 25.5 Å². The number of aryl methyl sites for hydroxylation is 1. The van der Waals surface area contributed by atoms with Gasteiger partial charge in [0.15, 0.2) is 0 Å². The van der Waals surface area contributed by atoms with Gasteiger partial charge >= 0.3 is 5.97 Å². The first-order valence-electron chi connectivity index (χ1n) is 4.10. The zero-order chi connectivity index (χ0) is 11.6. The fraction of sp³-hybridized carbons (Fsp3) is 0.375. The van der Waals surface area contributed by atoms with Gasteiger partial charge in [0.1, 0.15) is 4.90 Å². The van der Waals surface area contributed by atoms with Gasteiger partial charge in [-0.25, -0.2) is 4.79 Å². The molecule has 0 radical (unpaired) electrons. The molecule has 0 aromatic carbocycles. The number of furan rings is 1. The van der Waals surface area contributed by atoms with Crippen molar-refractivity contribution in [3.8, 4) is 0 Å². The van der Waals surface area contributed by atoms with E-state index in [2.05, 4.69) is 4.74 Å². The number of hydrogen-bond donors (Lipinski definition) is 1. The van der Waals surface area contributed by atoms with E-state index in [1.807, 2.05) is 0 Å². The summed E-state index contributed by atoms with van der Waals surface area (Å²) in [4.78, 5) is 10.7. The Labute approximate surface area is 86.6 Å². The van der Waals surface area contributed by atoms with E-state index in [1.165, 1.54) is 6.92 Å². The molecule has 1 N–H and O–H groups in total. The first-order valence-corrected chi connectivity index (χ1v) is 5.54. The number of esters is 1. The van der Waals surface area contributed by atoms with E-state index in [0.29, 0.717) is 0 Å². The van der Waals surface area contributed by atoms with Crippen LogP contribution in [-0.2, 0) is 14.9 Å². The molecule has 0 saturated heterocycles. The van der Waals surface area contributed by atoms with Crippen LogP contribution in [0.1, 0.15) is 23.0 Å². The van der Waals surface area contributed by atoms with Gasteiger partial charge in [0, 0.05) is 5.56 Å². The van der Waals surface area contributed by atoms with Crippen molar-refractivity contribution < 1.29 is 26.9 Å². The van der Waals surface area contributed by atoms with E-state index < -0.39 is 26.7 Å². The second-order valence-electron chi connectivity index (χ2n) is 2.77. The number of carbonyl (C=O) groups is 1. The Bertz CT molecular complexity index is 469. The number of ether oxygens (including phenoxy) is 1. The Morgan fingerprint density at radius 3 is 2.67 bits per heavy atom. The maximum Gasteiger partial charge on any atom is 0.375 e. The van der Waals surface area contributed by atoms with Crippen LogP contribution in [0.4, 0.5) is 0 Å². The summed E-state index contributed by atoms with van der Waals surface area (Å²) >= 11 is 0. The summed E-state index contributed by atoms with van der Waals surface area (Å²) in [5, 5.41) is 0. The molecule has 7 heteroatoms. The highest BCUT2D eigenvalue weighted by molar-refractivity contribution is 7.86. The van der Waals surface area contributed by atoms with Crippen molar-refractivity contribution in [2.75, 3.05) is 6.61 Å². The van der Waals surface area contributed by atoms with E-state index in [0.717, 1.165) is 6.26 Å². The Morgan fingerprint density at radius 2 is 2.20 bits per heavy atom. The summed E-state index contributed by atoms with van der Waals surface area (Å²) in [7, 11) is -4.48. The molecule has 0 aliphatic carbocycles. The van der Waals surface area contributed by atoms with Crippen molar-refractivity contribution in [2.24, 2.45) is 0 Å². The lowest BCUT2D eigenvalue weighted by atomic mass is 10.3. The normalized spacial score (nSPS) is 11.4. The lowest BCUT2D eigenvalue weighted by Gasteiger charge is -2.00. The summed E-state index contributed by atoms with van der Waals surface area (Å²) in [6.45, 7) is 3.06. The van der Waals surface area contributed by atoms with Crippen LogP contribution >= 0.6 is 0 Å². The lowest BCUT2D eigenvalue weighted by molar-refractivity contribution is 0.0483. The monoisotopic (exact) mass is 234 g/mol. The fourth-order valence-corrected chi connectivity index (χ4v) is 1.91. The van der Waals surface area contributed by atoms with Crippen molar-refractivity contribution in [3.05, 3.63) is 17.6 Å². The van der Waals surface area contributed by atoms with Crippen LogP contribution in [0.2, 0.25) is 0 Å². The predicted molar refractivity (Wildman–Crippen MR) is 49.2 cm³/mol. The van der Waals surface area contributed by atoms with Crippen LogP contribution in [0.3, 0.4) is 0 Å². The minimum absolute atomic E-state index is 0.0868. The molecule has 0 unspecified atom stereocenters. The zero-order valence-electron chi connectivity index (χ0n) is 8.18. The molecular weight excluding hydrogens is 224 g/mol. The minimum atomic E-state index is -4.48. The number of hydrogen-bond acceptors (Lipinski definition) is 5. The molecule has 0 fully saturated rings. The largest absolute Gasteiger partial charge is 0.460 e. The average molecular weight is 234 g/mol. The van der Waals surface area contributed by atoms with Gasteiger partial charge in [-0.2, -0.15) is 8.42 Å². The minimum Gasteiger partial charge on any atom is -0.460 e. The Balaban J connectivity index is 3.27. The Kier molecular flexibility index (Phi) is 3.15. The van der Waals surface area contributed by atoms with E-state index in [9.17, 15) is 13.2 Å². The summed E-state index contributed by atoms with van der Waals surface area (Å²) in [5.74, 6) is -1.42. The van der Waals surface area contributed by atoms with Crippen LogP contribution in [0, 0.1) is 6.92 Å². The van der Waals surface area contributed by atoms with Crippen LogP contribution < -0.4 is 0 Å². The first-order chi connectivity index (χ1) is 6.88. The second-order valence-corrected chi connectivity index (χ2v) is 4.13. The van der Waals surface area contributed by atoms with Crippen molar-refractivity contribution >= 4 is 16.1 Å².